The van der Waals surface area contributed by atoms with E-state index in [0.29, 0.717) is 25.6 Å². The van der Waals surface area contributed by atoms with Gasteiger partial charge in [0.05, 0.1) is 24.7 Å². The third-order valence-corrected chi connectivity index (χ3v) is 11.8. The first kappa shape index (κ1) is 39.1. The van der Waals surface area contributed by atoms with Crippen LogP contribution >= 0.6 is 0 Å². The molecule has 4 aromatic rings. The lowest BCUT2D eigenvalue weighted by molar-refractivity contribution is -0.286. The van der Waals surface area contributed by atoms with E-state index in [0.717, 1.165) is 68.4 Å². The molecule has 7 nitrogen and oxygen atoms in total. The summed E-state index contributed by atoms with van der Waals surface area (Å²) in [7, 11) is 0. The van der Waals surface area contributed by atoms with Gasteiger partial charge in [0.1, 0.15) is 24.7 Å². The summed E-state index contributed by atoms with van der Waals surface area (Å²) >= 11 is 0. The molecule has 0 saturated heterocycles. The van der Waals surface area contributed by atoms with Crippen molar-refractivity contribution in [1.82, 2.24) is 0 Å². The van der Waals surface area contributed by atoms with Crippen molar-refractivity contribution >= 4 is 0 Å². The van der Waals surface area contributed by atoms with Gasteiger partial charge in [-0.3, -0.25) is 0 Å². The van der Waals surface area contributed by atoms with Crippen LogP contribution in [0.1, 0.15) is 105 Å². The predicted octanol–water partition coefficient (Wildman–Crippen LogP) is 10.8. The maximum absolute atomic E-state index is 7.41. The average Bonchev–Trinajstić information content (AvgIpc) is 3.38. The van der Waals surface area contributed by atoms with Crippen molar-refractivity contribution in [3.05, 3.63) is 137 Å². The van der Waals surface area contributed by atoms with Crippen molar-refractivity contribution in [2.24, 2.45) is 5.41 Å². The van der Waals surface area contributed by atoms with E-state index in [-0.39, 0.29) is 24.0 Å². The second-order valence-corrected chi connectivity index (χ2v) is 16.2. The van der Waals surface area contributed by atoms with Crippen molar-refractivity contribution in [2.45, 2.75) is 109 Å². The zero-order chi connectivity index (χ0) is 38.1. The Hall–Kier alpha value is -4.14. The maximum atomic E-state index is 7.41. The molecule has 4 aromatic carbocycles. The standard InChI is InChI=1S/C48H58O7/c1-5-31-50-51-33-16-7-6-15-32-49-38-25-27-39(28-26-38)55-52-34-48(47(2,3)4,37-19-9-8-10-20-37)46-53-42-29-23-35-17-11-13-21-40(35)44(42)45-41-22-14-12-18-36(41)24-30-43(45)54-46/h5,8-11,13,17,19-21,24-28,30,42,44,46H,1,6-7,12,14-16,18,22-23,29,31-34H2,2-4H3/t42-,44+,46?,48+/m1/s1. The zero-order valence-electron chi connectivity index (χ0n) is 32.9. The van der Waals surface area contributed by atoms with Crippen LogP contribution in [-0.2, 0) is 44.1 Å². The van der Waals surface area contributed by atoms with Gasteiger partial charge in [-0.1, -0.05) is 93.9 Å². The van der Waals surface area contributed by atoms with Gasteiger partial charge in [0, 0.05) is 11.5 Å². The van der Waals surface area contributed by atoms with Crippen LogP contribution in [0.25, 0.3) is 0 Å². The second-order valence-electron chi connectivity index (χ2n) is 16.2. The fraction of sp³-hybridized carbons (Fsp3) is 0.458. The Morgan fingerprint density at radius 3 is 2.27 bits per heavy atom. The summed E-state index contributed by atoms with van der Waals surface area (Å²) in [5, 5.41) is 0. The summed E-state index contributed by atoms with van der Waals surface area (Å²) in [4.78, 5) is 22.4. The molecule has 3 aliphatic rings. The van der Waals surface area contributed by atoms with Crippen molar-refractivity contribution in [2.75, 3.05) is 26.4 Å². The number of hydrogen-bond acceptors (Lipinski definition) is 7. The van der Waals surface area contributed by atoms with Crippen molar-refractivity contribution in [3.8, 4) is 17.2 Å². The van der Waals surface area contributed by atoms with E-state index in [1.165, 1.54) is 40.7 Å². The monoisotopic (exact) mass is 746 g/mol. The van der Waals surface area contributed by atoms with E-state index in [1.54, 1.807) is 6.08 Å². The van der Waals surface area contributed by atoms with Gasteiger partial charge in [0.25, 0.3) is 0 Å². The SMILES string of the molecule is C=CCOOCCCCCCOc1ccc(OOC[C@](c2ccccc2)(C2Oc3ccc4c(c3[C@H]3c5ccccc5CC[C@H]3O2)CCCC4)C(C)(C)C)cc1. The molecule has 55 heavy (non-hydrogen) atoms. The van der Waals surface area contributed by atoms with E-state index in [2.05, 4.69) is 94.1 Å². The van der Waals surface area contributed by atoms with Gasteiger partial charge in [-0.2, -0.15) is 4.89 Å². The van der Waals surface area contributed by atoms with Gasteiger partial charge in [-0.05, 0) is 121 Å². The molecule has 1 aliphatic heterocycles. The molecule has 0 amide bonds. The van der Waals surface area contributed by atoms with E-state index < -0.39 is 11.7 Å². The Labute approximate surface area is 327 Å². The van der Waals surface area contributed by atoms with Gasteiger partial charge in [-0.15, -0.1) is 6.58 Å². The Morgan fingerprint density at radius 1 is 0.727 bits per heavy atom. The van der Waals surface area contributed by atoms with Gasteiger partial charge < -0.3 is 19.1 Å². The molecule has 0 fully saturated rings. The largest absolute Gasteiger partial charge is 0.494 e. The molecule has 0 saturated carbocycles. The predicted molar refractivity (Wildman–Crippen MR) is 216 cm³/mol. The summed E-state index contributed by atoms with van der Waals surface area (Å²) in [6, 6.07) is 31.7. The lowest BCUT2D eigenvalue weighted by Crippen LogP contribution is -2.57. The third kappa shape index (κ3) is 8.81. The lowest BCUT2D eigenvalue weighted by atomic mass is 9.62. The van der Waals surface area contributed by atoms with Gasteiger partial charge >= 0.3 is 0 Å². The molecule has 0 radical (unpaired) electrons. The highest BCUT2D eigenvalue weighted by Crippen LogP contribution is 2.53. The van der Waals surface area contributed by atoms with Crippen molar-refractivity contribution in [1.29, 1.82) is 0 Å². The number of fused-ring (bicyclic) bond motifs is 7. The summed E-state index contributed by atoms with van der Waals surface area (Å²) in [5.41, 5.74) is 7.00. The quantitative estimate of drug-likeness (QED) is 0.0461. The van der Waals surface area contributed by atoms with Crippen LogP contribution in [0, 0.1) is 5.41 Å². The summed E-state index contributed by atoms with van der Waals surface area (Å²) in [6.07, 6.45) is 11.5. The van der Waals surface area contributed by atoms with E-state index in [4.69, 9.17) is 33.8 Å². The van der Waals surface area contributed by atoms with Gasteiger partial charge in [-0.25, -0.2) is 9.78 Å². The molecular formula is C48H58O7. The number of ether oxygens (including phenoxy) is 3. The van der Waals surface area contributed by atoms with Gasteiger partial charge in [0.15, 0.2) is 5.75 Å². The fourth-order valence-electron chi connectivity index (χ4n) is 8.79. The minimum atomic E-state index is -0.749. The topological polar surface area (TPSA) is 64.6 Å². The molecule has 292 valence electrons. The molecule has 2 aliphatic carbocycles. The highest BCUT2D eigenvalue weighted by Gasteiger charge is 2.56. The number of hydrogen-bond donors (Lipinski definition) is 0. The normalized spacial score (nSPS) is 20.0. The van der Waals surface area contributed by atoms with E-state index in [1.807, 2.05) is 24.3 Å². The minimum absolute atomic E-state index is 0.0514. The molecule has 1 heterocycles. The molecule has 0 N–H and O–H groups in total. The lowest BCUT2D eigenvalue weighted by Gasteiger charge is -2.49. The van der Waals surface area contributed by atoms with Crippen LogP contribution < -0.4 is 14.4 Å². The minimum Gasteiger partial charge on any atom is -0.494 e. The van der Waals surface area contributed by atoms with Crippen LogP contribution in [0.2, 0.25) is 0 Å². The molecule has 1 unspecified atom stereocenters. The van der Waals surface area contributed by atoms with Crippen LogP contribution in [0.15, 0.2) is 104 Å². The Balaban J connectivity index is 1.09. The third-order valence-electron chi connectivity index (χ3n) is 11.8. The first-order valence-corrected chi connectivity index (χ1v) is 20.4. The summed E-state index contributed by atoms with van der Waals surface area (Å²) in [6.45, 7) is 12.2. The molecule has 4 atom stereocenters. The maximum Gasteiger partial charge on any atom is 0.212 e. The average molecular weight is 747 g/mol. The number of unbranched alkanes of at least 4 members (excludes halogenated alkanes) is 3. The molecular weight excluding hydrogens is 689 g/mol. The van der Waals surface area contributed by atoms with Crippen LogP contribution in [0.5, 0.6) is 17.2 Å². The zero-order valence-corrected chi connectivity index (χ0v) is 32.9. The van der Waals surface area contributed by atoms with Crippen LogP contribution in [0.3, 0.4) is 0 Å². The first-order valence-electron chi connectivity index (χ1n) is 20.4. The number of rotatable bonds is 17. The van der Waals surface area contributed by atoms with Crippen LogP contribution in [-0.4, -0.2) is 38.8 Å². The van der Waals surface area contributed by atoms with Crippen LogP contribution in [0.4, 0.5) is 0 Å². The van der Waals surface area contributed by atoms with E-state index in [9.17, 15) is 0 Å². The summed E-state index contributed by atoms with van der Waals surface area (Å²) in [5.74, 6) is 2.43. The molecule has 0 bridgehead atoms. The first-order chi connectivity index (χ1) is 26.9. The van der Waals surface area contributed by atoms with Crippen molar-refractivity contribution < 1.29 is 33.8 Å². The highest BCUT2D eigenvalue weighted by molar-refractivity contribution is 5.55. The Kier molecular flexibility index (Phi) is 12.9. The van der Waals surface area contributed by atoms with Gasteiger partial charge in [0.2, 0.25) is 6.29 Å². The highest BCUT2D eigenvalue weighted by atomic mass is 17.2. The molecule has 7 heteroatoms. The number of benzene rings is 4. The molecule has 0 spiro atoms. The summed E-state index contributed by atoms with van der Waals surface area (Å²) < 4.78 is 20.7. The molecule has 0 aromatic heterocycles. The molecule has 7 rings (SSSR count). The number of aryl methyl sites for hydroxylation is 2. The Bertz CT molecular complexity index is 1830. The van der Waals surface area contributed by atoms with Crippen molar-refractivity contribution in [3.63, 3.8) is 0 Å². The van der Waals surface area contributed by atoms with E-state index >= 15 is 0 Å². The fourth-order valence-corrected chi connectivity index (χ4v) is 8.79. The smallest absolute Gasteiger partial charge is 0.212 e. The Morgan fingerprint density at radius 2 is 1.47 bits per heavy atom. The second kappa shape index (κ2) is 18.2.